The number of hydrogen-bond donors (Lipinski definition) is 0. The lowest BCUT2D eigenvalue weighted by Crippen LogP contribution is -2.30. The summed E-state index contributed by atoms with van der Waals surface area (Å²) in [6, 6.07) is 2.04. The summed E-state index contributed by atoms with van der Waals surface area (Å²) in [5.74, 6) is 1.77. The molecular weight excluding hydrogens is 322 g/mol. The van der Waals surface area contributed by atoms with Gasteiger partial charge in [-0.05, 0) is 76.0 Å². The van der Waals surface area contributed by atoms with Crippen molar-refractivity contribution in [2.75, 3.05) is 0 Å². The van der Waals surface area contributed by atoms with Gasteiger partial charge >= 0.3 is 5.97 Å². The molecule has 2 aliphatic rings. The van der Waals surface area contributed by atoms with Crippen LogP contribution in [0.3, 0.4) is 0 Å². The van der Waals surface area contributed by atoms with E-state index in [1.807, 2.05) is 12.1 Å². The van der Waals surface area contributed by atoms with Crippen molar-refractivity contribution in [3.05, 3.63) is 12.2 Å². The van der Waals surface area contributed by atoms with Gasteiger partial charge in [0.15, 0.2) is 0 Å². The third kappa shape index (κ3) is 7.52. The second-order valence-corrected chi connectivity index (χ2v) is 8.40. The van der Waals surface area contributed by atoms with Crippen molar-refractivity contribution < 1.29 is 9.53 Å². The number of unbranched alkanes of at least 4 members (excludes halogenated alkanes) is 2. The van der Waals surface area contributed by atoms with Crippen LogP contribution in [0, 0.1) is 29.1 Å². The standard InChI is InChI=1S/C23H37NO2/c1-2-3-5-8-20-12-16-22(17-13-20)26-23(25)21-14-10-19(11-15-21)9-6-4-7-18-24/h4,7,19-22H,2-3,5-6,8-17H2,1H3/t19-,20-,21-,22-. The second-order valence-electron chi connectivity index (χ2n) is 8.40. The lowest BCUT2D eigenvalue weighted by Gasteiger charge is -2.31. The van der Waals surface area contributed by atoms with Crippen molar-refractivity contribution in [2.45, 2.75) is 103 Å². The van der Waals surface area contributed by atoms with Gasteiger partial charge in [0, 0.05) is 6.08 Å². The van der Waals surface area contributed by atoms with Crippen LogP contribution < -0.4 is 0 Å². The molecule has 0 heterocycles. The van der Waals surface area contributed by atoms with E-state index in [1.165, 1.54) is 38.5 Å². The summed E-state index contributed by atoms with van der Waals surface area (Å²) in [4.78, 5) is 12.5. The molecule has 3 heteroatoms. The van der Waals surface area contributed by atoms with Crippen molar-refractivity contribution in [1.82, 2.24) is 0 Å². The fourth-order valence-corrected chi connectivity index (χ4v) is 4.64. The maximum atomic E-state index is 12.5. The maximum absolute atomic E-state index is 12.5. The molecule has 0 aromatic heterocycles. The van der Waals surface area contributed by atoms with Gasteiger partial charge in [-0.15, -0.1) is 0 Å². The average molecular weight is 360 g/mol. The van der Waals surface area contributed by atoms with Crippen LogP contribution in [0.4, 0.5) is 0 Å². The van der Waals surface area contributed by atoms with Gasteiger partial charge in [0.25, 0.3) is 0 Å². The van der Waals surface area contributed by atoms with Crippen molar-refractivity contribution in [3.8, 4) is 6.07 Å². The first kappa shape index (κ1) is 21.0. The fourth-order valence-electron chi connectivity index (χ4n) is 4.64. The summed E-state index contributed by atoms with van der Waals surface area (Å²) in [7, 11) is 0. The normalized spacial score (nSPS) is 29.4. The van der Waals surface area contributed by atoms with Gasteiger partial charge in [-0.25, -0.2) is 0 Å². The predicted molar refractivity (Wildman–Crippen MR) is 105 cm³/mol. The van der Waals surface area contributed by atoms with Crippen LogP contribution >= 0.6 is 0 Å². The predicted octanol–water partition coefficient (Wildman–Crippen LogP) is 6.34. The lowest BCUT2D eigenvalue weighted by atomic mass is 9.80. The van der Waals surface area contributed by atoms with Crippen molar-refractivity contribution in [2.24, 2.45) is 17.8 Å². The molecule has 3 nitrogen and oxygen atoms in total. The molecule has 2 aliphatic carbocycles. The van der Waals surface area contributed by atoms with E-state index in [1.54, 1.807) is 6.08 Å². The first-order valence-electron chi connectivity index (χ1n) is 11.0. The Balaban J connectivity index is 1.59. The molecule has 0 radical (unpaired) electrons. The molecule has 0 unspecified atom stereocenters. The minimum Gasteiger partial charge on any atom is -0.462 e. The molecule has 0 bridgehead atoms. The van der Waals surface area contributed by atoms with Gasteiger partial charge in [-0.3, -0.25) is 4.79 Å². The Morgan fingerprint density at radius 3 is 2.31 bits per heavy atom. The average Bonchev–Trinajstić information content (AvgIpc) is 2.67. The number of nitriles is 1. The lowest BCUT2D eigenvalue weighted by molar-refractivity contribution is -0.157. The molecule has 0 aromatic carbocycles. The third-order valence-corrected chi connectivity index (χ3v) is 6.41. The van der Waals surface area contributed by atoms with E-state index in [9.17, 15) is 4.79 Å². The Morgan fingerprint density at radius 2 is 1.65 bits per heavy atom. The van der Waals surface area contributed by atoms with Crippen LogP contribution in [0.15, 0.2) is 12.2 Å². The molecule has 0 aliphatic heterocycles. The SMILES string of the molecule is CCCCC[C@H]1CC[C@H](OC(=O)[C@H]2CC[C@H](CCC=CC#N)CC2)CC1. The van der Waals surface area contributed by atoms with Crippen molar-refractivity contribution in [1.29, 1.82) is 5.26 Å². The highest BCUT2D eigenvalue weighted by molar-refractivity contribution is 5.72. The molecule has 0 spiro atoms. The summed E-state index contributed by atoms with van der Waals surface area (Å²) in [5.41, 5.74) is 0. The number of esters is 1. The Morgan fingerprint density at radius 1 is 1.00 bits per heavy atom. The summed E-state index contributed by atoms with van der Waals surface area (Å²) >= 11 is 0. The second kappa shape index (κ2) is 12.2. The Bertz CT molecular complexity index is 463. The fraction of sp³-hybridized carbons (Fsp3) is 0.826. The number of rotatable bonds is 9. The first-order valence-corrected chi connectivity index (χ1v) is 11.0. The summed E-state index contributed by atoms with van der Waals surface area (Å²) in [6.07, 6.45) is 20.1. The molecule has 0 saturated heterocycles. The molecule has 146 valence electrons. The molecule has 26 heavy (non-hydrogen) atoms. The zero-order valence-corrected chi connectivity index (χ0v) is 16.6. The van der Waals surface area contributed by atoms with E-state index in [0.717, 1.165) is 57.3 Å². The highest BCUT2D eigenvalue weighted by Gasteiger charge is 2.30. The van der Waals surface area contributed by atoms with E-state index in [4.69, 9.17) is 10.00 Å². The van der Waals surface area contributed by atoms with Crippen LogP contribution in [-0.4, -0.2) is 12.1 Å². The summed E-state index contributed by atoms with van der Waals surface area (Å²) < 4.78 is 5.87. The van der Waals surface area contributed by atoms with E-state index in [0.29, 0.717) is 5.92 Å². The van der Waals surface area contributed by atoms with Gasteiger partial charge in [-0.2, -0.15) is 5.26 Å². The largest absolute Gasteiger partial charge is 0.462 e. The molecule has 0 amide bonds. The summed E-state index contributed by atoms with van der Waals surface area (Å²) in [5, 5.41) is 8.51. The molecule has 2 rings (SSSR count). The van der Waals surface area contributed by atoms with Crippen LogP contribution in [0.2, 0.25) is 0 Å². The zero-order chi connectivity index (χ0) is 18.6. The smallest absolute Gasteiger partial charge is 0.309 e. The Hall–Kier alpha value is -1.30. The molecule has 0 atom stereocenters. The van der Waals surface area contributed by atoms with Gasteiger partial charge < -0.3 is 4.74 Å². The number of nitrogens with zero attached hydrogens (tertiary/aromatic N) is 1. The van der Waals surface area contributed by atoms with E-state index < -0.39 is 0 Å². The monoisotopic (exact) mass is 359 g/mol. The molecule has 0 aromatic rings. The van der Waals surface area contributed by atoms with E-state index in [-0.39, 0.29) is 18.0 Å². The van der Waals surface area contributed by atoms with Crippen LogP contribution in [0.1, 0.15) is 96.8 Å². The highest BCUT2D eigenvalue weighted by atomic mass is 16.5. The quantitative estimate of drug-likeness (QED) is 0.274. The van der Waals surface area contributed by atoms with Gasteiger partial charge in [-0.1, -0.05) is 38.7 Å². The topological polar surface area (TPSA) is 50.1 Å². The van der Waals surface area contributed by atoms with Gasteiger partial charge in [0.05, 0.1) is 12.0 Å². The minimum absolute atomic E-state index is 0.0715. The van der Waals surface area contributed by atoms with E-state index >= 15 is 0 Å². The van der Waals surface area contributed by atoms with Crippen molar-refractivity contribution in [3.63, 3.8) is 0 Å². The van der Waals surface area contributed by atoms with E-state index in [2.05, 4.69) is 6.92 Å². The number of carbonyl (C=O) groups excluding carboxylic acids is 1. The molecular formula is C23H37NO2. The number of ether oxygens (including phenoxy) is 1. The van der Waals surface area contributed by atoms with Crippen molar-refractivity contribution >= 4 is 5.97 Å². The third-order valence-electron chi connectivity index (χ3n) is 6.41. The Kier molecular flexibility index (Phi) is 9.82. The molecule has 2 fully saturated rings. The molecule has 0 N–H and O–H groups in total. The summed E-state index contributed by atoms with van der Waals surface area (Å²) in [6.45, 7) is 2.26. The maximum Gasteiger partial charge on any atom is 0.309 e. The number of allylic oxidation sites excluding steroid dienone is 2. The molecule has 2 saturated carbocycles. The van der Waals surface area contributed by atoms with Crippen LogP contribution in [0.5, 0.6) is 0 Å². The zero-order valence-electron chi connectivity index (χ0n) is 16.6. The number of carbonyl (C=O) groups is 1. The van der Waals surface area contributed by atoms with Crippen LogP contribution in [0.25, 0.3) is 0 Å². The Labute approximate surface area is 160 Å². The first-order chi connectivity index (χ1) is 12.7. The van der Waals surface area contributed by atoms with Gasteiger partial charge in [0.1, 0.15) is 6.10 Å². The van der Waals surface area contributed by atoms with Gasteiger partial charge in [0.2, 0.25) is 0 Å². The number of hydrogen-bond acceptors (Lipinski definition) is 3. The van der Waals surface area contributed by atoms with Crippen LogP contribution in [-0.2, 0) is 9.53 Å². The minimum atomic E-state index is 0.0715. The highest BCUT2D eigenvalue weighted by Crippen LogP contribution is 2.34.